The van der Waals surface area contributed by atoms with Crippen molar-refractivity contribution in [1.82, 2.24) is 15.1 Å². The Labute approximate surface area is 186 Å². The summed E-state index contributed by atoms with van der Waals surface area (Å²) >= 11 is 0. The maximum absolute atomic E-state index is 13.6. The zero-order valence-electron chi connectivity index (χ0n) is 17.9. The minimum Gasteiger partial charge on any atom is -0.507 e. The minimum atomic E-state index is -0.791. The molecular weight excluding hydrogens is 413 g/mol. The van der Waals surface area contributed by atoms with E-state index in [1.54, 1.807) is 36.4 Å². The van der Waals surface area contributed by atoms with Gasteiger partial charge < -0.3 is 20.1 Å². The number of likely N-dealkylation sites (tertiary alicyclic amines) is 1. The van der Waals surface area contributed by atoms with Crippen molar-refractivity contribution < 1.29 is 23.8 Å². The van der Waals surface area contributed by atoms with E-state index in [0.29, 0.717) is 30.0 Å². The number of nitrogens with zero attached hydrogens (tertiary/aromatic N) is 2. The predicted octanol–water partition coefficient (Wildman–Crippen LogP) is 2.16. The highest BCUT2D eigenvalue weighted by atomic mass is 19.1. The van der Waals surface area contributed by atoms with Crippen LogP contribution >= 0.6 is 0 Å². The number of halogens is 1. The van der Waals surface area contributed by atoms with Crippen LogP contribution in [-0.4, -0.2) is 73.0 Å². The molecule has 4 rings (SSSR count). The van der Waals surface area contributed by atoms with E-state index in [0.717, 1.165) is 26.2 Å². The average Bonchev–Trinajstić information content (AvgIpc) is 3.08. The molecule has 2 fully saturated rings. The fraction of sp³-hybridized carbons (Fsp3) is 0.333. The first-order chi connectivity index (χ1) is 15.5. The van der Waals surface area contributed by atoms with E-state index in [1.165, 1.54) is 24.1 Å². The summed E-state index contributed by atoms with van der Waals surface area (Å²) in [5.41, 5.74) is 0.978. The van der Waals surface area contributed by atoms with Gasteiger partial charge in [0.2, 0.25) is 0 Å². The Morgan fingerprint density at radius 2 is 1.72 bits per heavy atom. The third kappa shape index (κ3) is 4.37. The van der Waals surface area contributed by atoms with Crippen LogP contribution in [0.25, 0.3) is 5.76 Å². The molecule has 1 amide bonds. The lowest BCUT2D eigenvalue weighted by Gasteiger charge is -2.31. The molecule has 2 aromatic rings. The van der Waals surface area contributed by atoms with Gasteiger partial charge >= 0.3 is 0 Å². The molecule has 0 bridgehead atoms. The number of benzene rings is 2. The van der Waals surface area contributed by atoms with Gasteiger partial charge in [0.05, 0.1) is 18.7 Å². The second-order valence-electron chi connectivity index (χ2n) is 7.86. The molecule has 1 atom stereocenters. The average molecular weight is 439 g/mol. The smallest absolute Gasteiger partial charge is 0.295 e. The predicted molar refractivity (Wildman–Crippen MR) is 118 cm³/mol. The number of amides is 1. The second-order valence-corrected chi connectivity index (χ2v) is 7.86. The Balaban J connectivity index is 1.71. The van der Waals surface area contributed by atoms with Gasteiger partial charge in [-0.2, -0.15) is 0 Å². The van der Waals surface area contributed by atoms with Gasteiger partial charge in [0, 0.05) is 44.8 Å². The number of ketones is 1. The van der Waals surface area contributed by atoms with Crippen LogP contribution in [0.4, 0.5) is 4.39 Å². The number of ether oxygens (including phenoxy) is 1. The van der Waals surface area contributed by atoms with Crippen LogP contribution in [0.15, 0.2) is 54.1 Å². The molecule has 0 spiro atoms. The van der Waals surface area contributed by atoms with Gasteiger partial charge in [-0.3, -0.25) is 14.5 Å². The zero-order valence-corrected chi connectivity index (χ0v) is 17.9. The monoisotopic (exact) mass is 439 g/mol. The lowest BCUT2D eigenvalue weighted by atomic mass is 9.95. The van der Waals surface area contributed by atoms with Gasteiger partial charge in [-0.15, -0.1) is 0 Å². The molecule has 7 nitrogen and oxygen atoms in total. The number of Topliss-reactive ketones (excluding diaryl/α,β-unsaturated/α-hetero) is 1. The van der Waals surface area contributed by atoms with Crippen molar-refractivity contribution in [3.05, 3.63) is 71.0 Å². The van der Waals surface area contributed by atoms with Crippen LogP contribution in [0.2, 0.25) is 0 Å². The van der Waals surface area contributed by atoms with Crippen LogP contribution in [0.3, 0.4) is 0 Å². The highest BCUT2D eigenvalue weighted by molar-refractivity contribution is 6.46. The minimum absolute atomic E-state index is 0.00656. The highest BCUT2D eigenvalue weighted by Gasteiger charge is 2.46. The van der Waals surface area contributed by atoms with Crippen molar-refractivity contribution in [2.24, 2.45) is 0 Å². The number of piperazine rings is 1. The van der Waals surface area contributed by atoms with E-state index in [2.05, 4.69) is 10.2 Å². The van der Waals surface area contributed by atoms with Crippen molar-refractivity contribution in [1.29, 1.82) is 0 Å². The zero-order chi connectivity index (χ0) is 22.7. The van der Waals surface area contributed by atoms with Gasteiger partial charge in [0.25, 0.3) is 11.7 Å². The van der Waals surface area contributed by atoms with Gasteiger partial charge in [-0.05, 0) is 42.0 Å². The van der Waals surface area contributed by atoms with Crippen LogP contribution in [0, 0.1) is 5.82 Å². The molecule has 0 aliphatic carbocycles. The number of nitrogens with one attached hydrogen (secondary N) is 1. The van der Waals surface area contributed by atoms with E-state index >= 15 is 0 Å². The molecule has 0 saturated carbocycles. The quantitative estimate of drug-likeness (QED) is 0.408. The van der Waals surface area contributed by atoms with Crippen LogP contribution in [-0.2, 0) is 9.59 Å². The largest absolute Gasteiger partial charge is 0.507 e. The Bertz CT molecular complexity index is 1010. The highest BCUT2D eigenvalue weighted by Crippen LogP contribution is 2.39. The standard InChI is InChI=1S/C24H26FN3O4/c1-32-19-8-4-17(5-9-19)22(29)20-21(16-2-6-18(25)7-3-16)28(24(31)23(20)30)15-14-27-12-10-26-11-13-27/h2-9,21,26,29H,10-15H2,1H3. The van der Waals surface area contributed by atoms with Crippen molar-refractivity contribution in [2.45, 2.75) is 6.04 Å². The van der Waals surface area contributed by atoms with Crippen molar-refractivity contribution in [3.8, 4) is 5.75 Å². The molecule has 1 unspecified atom stereocenters. The fourth-order valence-corrected chi connectivity index (χ4v) is 4.19. The van der Waals surface area contributed by atoms with Crippen LogP contribution in [0.5, 0.6) is 5.75 Å². The van der Waals surface area contributed by atoms with E-state index in [4.69, 9.17) is 4.74 Å². The number of hydrogen-bond acceptors (Lipinski definition) is 6. The number of hydrogen-bond donors (Lipinski definition) is 2. The summed E-state index contributed by atoms with van der Waals surface area (Å²) in [5, 5.41) is 14.3. The molecule has 0 radical (unpaired) electrons. The van der Waals surface area contributed by atoms with E-state index in [1.807, 2.05) is 0 Å². The van der Waals surface area contributed by atoms with Gasteiger partial charge in [0.15, 0.2) is 0 Å². The SMILES string of the molecule is COc1ccc(C(O)=C2C(=O)C(=O)N(CCN3CCNCC3)C2c2ccc(F)cc2)cc1. The summed E-state index contributed by atoms with van der Waals surface area (Å²) < 4.78 is 18.7. The summed E-state index contributed by atoms with van der Waals surface area (Å²) in [6, 6.07) is 11.5. The first-order valence-electron chi connectivity index (χ1n) is 10.6. The molecular formula is C24H26FN3O4. The molecule has 168 valence electrons. The summed E-state index contributed by atoms with van der Waals surface area (Å²) in [7, 11) is 1.54. The molecule has 2 N–H and O–H groups in total. The third-order valence-electron chi connectivity index (χ3n) is 5.96. The van der Waals surface area contributed by atoms with Gasteiger partial charge in [0.1, 0.15) is 17.3 Å². The fourth-order valence-electron chi connectivity index (χ4n) is 4.19. The molecule has 32 heavy (non-hydrogen) atoms. The number of aliphatic hydroxyl groups excluding tert-OH is 1. The second kappa shape index (κ2) is 9.50. The van der Waals surface area contributed by atoms with Gasteiger partial charge in [-0.25, -0.2) is 4.39 Å². The molecule has 2 aromatic carbocycles. The van der Waals surface area contributed by atoms with E-state index < -0.39 is 23.5 Å². The molecule has 0 aromatic heterocycles. The normalized spacial score (nSPS) is 21.2. The molecule has 8 heteroatoms. The number of rotatable bonds is 6. The lowest BCUT2D eigenvalue weighted by Crippen LogP contribution is -2.46. The molecule has 2 heterocycles. The van der Waals surface area contributed by atoms with Crippen molar-refractivity contribution in [3.63, 3.8) is 0 Å². The maximum Gasteiger partial charge on any atom is 0.295 e. The number of carbonyl (C=O) groups excluding carboxylic acids is 2. The molecule has 2 aliphatic heterocycles. The Hall–Kier alpha value is -3.23. The first-order valence-corrected chi connectivity index (χ1v) is 10.6. The Morgan fingerprint density at radius 1 is 1.06 bits per heavy atom. The molecule has 2 saturated heterocycles. The summed E-state index contributed by atoms with van der Waals surface area (Å²) in [5.74, 6) is -1.47. The number of methoxy groups -OCH3 is 1. The third-order valence-corrected chi connectivity index (χ3v) is 5.96. The lowest BCUT2D eigenvalue weighted by molar-refractivity contribution is -0.140. The van der Waals surface area contributed by atoms with E-state index in [9.17, 15) is 19.1 Å². The van der Waals surface area contributed by atoms with Crippen LogP contribution in [0.1, 0.15) is 17.2 Å². The number of carbonyl (C=O) groups is 2. The van der Waals surface area contributed by atoms with Crippen LogP contribution < -0.4 is 10.1 Å². The van der Waals surface area contributed by atoms with Crippen molar-refractivity contribution >= 4 is 17.4 Å². The first kappa shape index (κ1) is 22.0. The van der Waals surface area contributed by atoms with Gasteiger partial charge in [-0.1, -0.05) is 12.1 Å². The summed E-state index contributed by atoms with van der Waals surface area (Å²) in [6.45, 7) is 4.39. The maximum atomic E-state index is 13.6. The Kier molecular flexibility index (Phi) is 6.53. The van der Waals surface area contributed by atoms with E-state index in [-0.39, 0.29) is 11.3 Å². The number of aliphatic hydroxyl groups is 1. The Morgan fingerprint density at radius 3 is 2.34 bits per heavy atom. The summed E-state index contributed by atoms with van der Waals surface area (Å²) in [6.07, 6.45) is 0. The molecule has 2 aliphatic rings. The van der Waals surface area contributed by atoms with Crippen molar-refractivity contribution in [2.75, 3.05) is 46.4 Å². The summed E-state index contributed by atoms with van der Waals surface area (Å²) in [4.78, 5) is 29.7. The topological polar surface area (TPSA) is 82.1 Å².